The van der Waals surface area contributed by atoms with Gasteiger partial charge in [0.15, 0.2) is 0 Å². The van der Waals surface area contributed by atoms with Gasteiger partial charge in [0.05, 0.1) is 5.56 Å². The van der Waals surface area contributed by atoms with Crippen molar-refractivity contribution in [2.45, 2.75) is 31.7 Å². The predicted molar refractivity (Wildman–Crippen MR) is 75.0 cm³/mol. The number of amides is 1. The molecular formula is C14H15BrFNO3. The molecule has 1 aromatic rings. The summed E-state index contributed by atoms with van der Waals surface area (Å²) in [5.74, 6) is -2.23. The number of halogens is 2. The molecule has 1 N–H and O–H groups in total. The van der Waals surface area contributed by atoms with Gasteiger partial charge < -0.3 is 10.0 Å². The van der Waals surface area contributed by atoms with Crippen LogP contribution in [-0.2, 0) is 4.79 Å². The third kappa shape index (κ3) is 2.32. The Balaban J connectivity index is 2.42. The maximum Gasteiger partial charge on any atom is 0.329 e. The molecule has 4 nitrogen and oxygen atoms in total. The van der Waals surface area contributed by atoms with Crippen LogP contribution in [0.2, 0.25) is 0 Å². The molecule has 1 aliphatic heterocycles. The molecule has 1 aliphatic rings. The van der Waals surface area contributed by atoms with Crippen LogP contribution in [0.3, 0.4) is 0 Å². The van der Waals surface area contributed by atoms with Crippen LogP contribution in [0.4, 0.5) is 4.39 Å². The molecule has 0 bridgehead atoms. The maximum absolute atomic E-state index is 13.8. The number of hydrogen-bond donors (Lipinski definition) is 1. The Kier molecular flexibility index (Phi) is 4.13. The summed E-state index contributed by atoms with van der Waals surface area (Å²) >= 11 is 3.19. The first-order chi connectivity index (χ1) is 9.42. The lowest BCUT2D eigenvalue weighted by atomic mass is 9.92. The summed E-state index contributed by atoms with van der Waals surface area (Å²) < 4.78 is 14.4. The second-order valence-electron chi connectivity index (χ2n) is 4.87. The van der Waals surface area contributed by atoms with Gasteiger partial charge in [0, 0.05) is 11.0 Å². The Labute approximate surface area is 124 Å². The predicted octanol–water partition coefficient (Wildman–Crippen LogP) is 3.06. The smallest absolute Gasteiger partial charge is 0.329 e. The molecule has 1 heterocycles. The number of carboxylic acids is 1. The van der Waals surface area contributed by atoms with Crippen LogP contribution < -0.4 is 0 Å². The fourth-order valence-electron chi connectivity index (χ4n) is 2.72. The van der Waals surface area contributed by atoms with E-state index in [-0.39, 0.29) is 5.56 Å². The molecule has 0 spiro atoms. The highest BCUT2D eigenvalue weighted by molar-refractivity contribution is 9.10. The minimum absolute atomic E-state index is 0.0969. The monoisotopic (exact) mass is 343 g/mol. The average molecular weight is 344 g/mol. The average Bonchev–Trinajstić information content (AvgIpc) is 2.85. The highest BCUT2D eigenvalue weighted by atomic mass is 79.9. The van der Waals surface area contributed by atoms with Crippen LogP contribution in [0.15, 0.2) is 22.7 Å². The summed E-state index contributed by atoms with van der Waals surface area (Å²) in [4.78, 5) is 25.3. The van der Waals surface area contributed by atoms with Gasteiger partial charge in [-0.3, -0.25) is 4.79 Å². The van der Waals surface area contributed by atoms with Crippen molar-refractivity contribution in [1.82, 2.24) is 4.90 Å². The molecule has 20 heavy (non-hydrogen) atoms. The summed E-state index contributed by atoms with van der Waals surface area (Å²) in [6.45, 7) is 2.07. The van der Waals surface area contributed by atoms with Gasteiger partial charge in [-0.15, -0.1) is 0 Å². The zero-order chi connectivity index (χ0) is 14.9. The van der Waals surface area contributed by atoms with Gasteiger partial charge in [-0.05, 0) is 37.5 Å². The van der Waals surface area contributed by atoms with Crippen molar-refractivity contribution < 1.29 is 19.1 Å². The van der Waals surface area contributed by atoms with Crippen molar-refractivity contribution in [2.24, 2.45) is 0 Å². The second kappa shape index (κ2) is 5.52. The van der Waals surface area contributed by atoms with E-state index in [9.17, 15) is 19.1 Å². The molecule has 1 atom stereocenters. The van der Waals surface area contributed by atoms with E-state index >= 15 is 0 Å². The van der Waals surface area contributed by atoms with E-state index in [2.05, 4.69) is 15.9 Å². The Morgan fingerprint density at radius 1 is 1.50 bits per heavy atom. The van der Waals surface area contributed by atoms with Gasteiger partial charge in [0.25, 0.3) is 5.91 Å². The van der Waals surface area contributed by atoms with E-state index in [1.807, 2.05) is 0 Å². The minimum atomic E-state index is -1.22. The topological polar surface area (TPSA) is 57.6 Å². The van der Waals surface area contributed by atoms with Crippen molar-refractivity contribution in [1.29, 1.82) is 0 Å². The molecule has 0 radical (unpaired) electrons. The van der Waals surface area contributed by atoms with Crippen LogP contribution >= 0.6 is 15.9 Å². The van der Waals surface area contributed by atoms with Crippen LogP contribution in [0.5, 0.6) is 0 Å². The van der Waals surface area contributed by atoms with Gasteiger partial charge in [-0.25, -0.2) is 9.18 Å². The lowest BCUT2D eigenvalue weighted by Crippen LogP contribution is -2.52. The molecule has 1 amide bonds. The van der Waals surface area contributed by atoms with E-state index in [0.29, 0.717) is 30.3 Å². The van der Waals surface area contributed by atoms with E-state index in [1.54, 1.807) is 6.92 Å². The largest absolute Gasteiger partial charge is 0.479 e. The number of nitrogens with zero attached hydrogens (tertiary/aromatic N) is 1. The zero-order valence-corrected chi connectivity index (χ0v) is 12.6. The SMILES string of the molecule is CCC1(C(=O)O)CCCN1C(=O)c1cc(Br)ccc1F. The Morgan fingerprint density at radius 3 is 2.80 bits per heavy atom. The van der Waals surface area contributed by atoms with Crippen molar-refractivity contribution in [2.75, 3.05) is 6.54 Å². The second-order valence-corrected chi connectivity index (χ2v) is 5.79. The highest BCUT2D eigenvalue weighted by Gasteiger charge is 2.49. The van der Waals surface area contributed by atoms with Gasteiger partial charge in [0.1, 0.15) is 11.4 Å². The van der Waals surface area contributed by atoms with Gasteiger partial charge in [-0.2, -0.15) is 0 Å². The summed E-state index contributed by atoms with van der Waals surface area (Å²) in [5.41, 5.74) is -1.31. The van der Waals surface area contributed by atoms with E-state index < -0.39 is 23.2 Å². The molecule has 0 saturated carbocycles. The molecule has 1 aromatic carbocycles. The van der Waals surface area contributed by atoms with Gasteiger partial charge >= 0.3 is 5.97 Å². The van der Waals surface area contributed by atoms with Crippen molar-refractivity contribution in [3.8, 4) is 0 Å². The van der Waals surface area contributed by atoms with E-state index in [4.69, 9.17) is 0 Å². The van der Waals surface area contributed by atoms with Crippen molar-refractivity contribution >= 4 is 27.8 Å². The molecule has 6 heteroatoms. The molecule has 0 aliphatic carbocycles. The molecule has 1 fully saturated rings. The number of rotatable bonds is 3. The van der Waals surface area contributed by atoms with Crippen molar-refractivity contribution in [3.63, 3.8) is 0 Å². The standard InChI is InChI=1S/C14H15BrFNO3/c1-2-14(13(19)20)6-3-7-17(14)12(18)10-8-9(15)4-5-11(10)16/h4-5,8H,2-3,6-7H2,1H3,(H,19,20). The number of aliphatic carboxylic acids is 1. The lowest BCUT2D eigenvalue weighted by molar-refractivity contribution is -0.148. The molecule has 1 saturated heterocycles. The Bertz CT molecular complexity index is 563. The van der Waals surface area contributed by atoms with Gasteiger partial charge in [0.2, 0.25) is 0 Å². The van der Waals surface area contributed by atoms with Gasteiger partial charge in [-0.1, -0.05) is 22.9 Å². The fraction of sp³-hybridized carbons (Fsp3) is 0.429. The first-order valence-corrected chi connectivity index (χ1v) is 7.22. The number of hydrogen-bond acceptors (Lipinski definition) is 2. The minimum Gasteiger partial charge on any atom is -0.479 e. The summed E-state index contributed by atoms with van der Waals surface area (Å²) in [5, 5.41) is 9.46. The highest BCUT2D eigenvalue weighted by Crippen LogP contribution is 2.34. The third-order valence-corrected chi connectivity index (χ3v) is 4.37. The normalized spacial score (nSPS) is 22.1. The molecule has 108 valence electrons. The number of carboxylic acid groups (broad SMARTS) is 1. The lowest BCUT2D eigenvalue weighted by Gasteiger charge is -2.34. The summed E-state index contributed by atoms with van der Waals surface area (Å²) in [6, 6.07) is 4.08. The fourth-order valence-corrected chi connectivity index (χ4v) is 3.08. The quantitative estimate of drug-likeness (QED) is 0.917. The first kappa shape index (κ1) is 15.0. The maximum atomic E-state index is 13.8. The van der Waals surface area contributed by atoms with E-state index in [0.717, 1.165) is 0 Å². The molecule has 2 rings (SSSR count). The zero-order valence-electron chi connectivity index (χ0n) is 11.0. The van der Waals surface area contributed by atoms with Crippen LogP contribution in [0.25, 0.3) is 0 Å². The molecular weight excluding hydrogens is 329 g/mol. The van der Waals surface area contributed by atoms with E-state index in [1.165, 1.54) is 23.1 Å². The number of benzene rings is 1. The third-order valence-electron chi connectivity index (χ3n) is 3.88. The van der Waals surface area contributed by atoms with Crippen LogP contribution in [-0.4, -0.2) is 34.0 Å². The Morgan fingerprint density at radius 2 is 2.20 bits per heavy atom. The van der Waals surface area contributed by atoms with Crippen LogP contribution in [0.1, 0.15) is 36.5 Å². The molecule has 0 aromatic heterocycles. The summed E-state index contributed by atoms with van der Waals surface area (Å²) in [6.07, 6.45) is 1.32. The number of likely N-dealkylation sites (tertiary alicyclic amines) is 1. The Hall–Kier alpha value is -1.43. The molecule has 1 unspecified atom stereocenters. The van der Waals surface area contributed by atoms with Crippen LogP contribution in [0, 0.1) is 5.82 Å². The number of carbonyl (C=O) groups excluding carboxylic acids is 1. The first-order valence-electron chi connectivity index (χ1n) is 6.43. The van der Waals surface area contributed by atoms with Crippen molar-refractivity contribution in [3.05, 3.63) is 34.1 Å². The number of carbonyl (C=O) groups is 2. The summed E-state index contributed by atoms with van der Waals surface area (Å²) in [7, 11) is 0.